The largest absolute Gasteiger partial charge is 0.0991 e. The Balaban J connectivity index is 4.20. The second-order valence-electron chi connectivity index (χ2n) is 2.82. The van der Waals surface area contributed by atoms with Crippen molar-refractivity contribution in [2.75, 3.05) is 0 Å². The summed E-state index contributed by atoms with van der Waals surface area (Å²) in [7, 11) is 0. The van der Waals surface area contributed by atoms with E-state index >= 15 is 0 Å². The van der Waals surface area contributed by atoms with Gasteiger partial charge >= 0.3 is 0 Å². The average molecular weight is 162 g/mol. The molecule has 0 atom stereocenters. The van der Waals surface area contributed by atoms with Crippen molar-refractivity contribution in [3.05, 3.63) is 48.6 Å². The molecule has 0 nitrogen and oxygen atoms in total. The van der Waals surface area contributed by atoms with Gasteiger partial charge in [-0.3, -0.25) is 0 Å². The first-order valence-corrected chi connectivity index (χ1v) is 4.34. The van der Waals surface area contributed by atoms with Crippen molar-refractivity contribution in [3.63, 3.8) is 0 Å². The van der Waals surface area contributed by atoms with Gasteiger partial charge in [0.15, 0.2) is 0 Å². The molecule has 0 unspecified atom stereocenters. The van der Waals surface area contributed by atoms with E-state index in [1.165, 1.54) is 11.1 Å². The first-order chi connectivity index (χ1) is 5.74. The fourth-order valence-electron chi connectivity index (χ4n) is 1.09. The molecule has 0 aromatic heterocycles. The highest BCUT2D eigenvalue weighted by Gasteiger charge is 1.91. The number of hydrogen-bond acceptors (Lipinski definition) is 0. The number of hydrogen-bond donors (Lipinski definition) is 0. The van der Waals surface area contributed by atoms with Crippen LogP contribution < -0.4 is 0 Å². The zero-order valence-corrected chi connectivity index (χ0v) is 8.14. The second kappa shape index (κ2) is 6.66. The summed E-state index contributed by atoms with van der Waals surface area (Å²) in [5, 5.41) is 0. The lowest BCUT2D eigenvalue weighted by Gasteiger charge is -2.00. The first-order valence-electron chi connectivity index (χ1n) is 4.34. The van der Waals surface area contributed by atoms with Crippen LogP contribution in [-0.2, 0) is 0 Å². The van der Waals surface area contributed by atoms with Gasteiger partial charge in [0.05, 0.1) is 0 Å². The standard InChI is InChI=1S/C12H18/c1-5-8-11(4)10-12(7-3)9-6-2/h6-9H,2-3,5,10H2,1,4H3/b11-8+,12-9+. The predicted molar refractivity (Wildman–Crippen MR) is 57.1 cm³/mol. The summed E-state index contributed by atoms with van der Waals surface area (Å²) >= 11 is 0. The second-order valence-corrected chi connectivity index (χ2v) is 2.82. The molecule has 0 bridgehead atoms. The molecule has 0 aliphatic carbocycles. The summed E-state index contributed by atoms with van der Waals surface area (Å²) < 4.78 is 0. The summed E-state index contributed by atoms with van der Waals surface area (Å²) in [6.07, 6.45) is 10.0. The van der Waals surface area contributed by atoms with Gasteiger partial charge in [0.25, 0.3) is 0 Å². The molecule has 0 heterocycles. The van der Waals surface area contributed by atoms with E-state index in [1.54, 1.807) is 6.08 Å². The van der Waals surface area contributed by atoms with Gasteiger partial charge in [-0.1, -0.05) is 50.0 Å². The van der Waals surface area contributed by atoms with E-state index in [0.29, 0.717) is 0 Å². The molecule has 0 saturated heterocycles. The molecule has 66 valence electrons. The maximum Gasteiger partial charge on any atom is -0.00701 e. The third-order valence-electron chi connectivity index (χ3n) is 1.63. The molecule has 0 radical (unpaired) electrons. The molecule has 0 N–H and O–H groups in total. The van der Waals surface area contributed by atoms with Crippen molar-refractivity contribution in [2.24, 2.45) is 0 Å². The topological polar surface area (TPSA) is 0 Å². The first kappa shape index (κ1) is 11.0. The predicted octanol–water partition coefficient (Wildman–Crippen LogP) is 4.03. The molecule has 0 aliphatic heterocycles. The molecular weight excluding hydrogens is 144 g/mol. The molecule has 0 aromatic carbocycles. The summed E-state index contributed by atoms with van der Waals surface area (Å²) in [6.45, 7) is 11.7. The highest BCUT2D eigenvalue weighted by atomic mass is 14.0. The van der Waals surface area contributed by atoms with Crippen molar-refractivity contribution in [1.82, 2.24) is 0 Å². The minimum absolute atomic E-state index is 0.989. The average Bonchev–Trinajstić information content (AvgIpc) is 2.04. The Morgan fingerprint density at radius 1 is 1.33 bits per heavy atom. The molecule has 0 spiro atoms. The Morgan fingerprint density at radius 3 is 2.42 bits per heavy atom. The van der Waals surface area contributed by atoms with Gasteiger partial charge in [-0.2, -0.15) is 0 Å². The maximum atomic E-state index is 3.75. The Kier molecular flexibility index (Phi) is 6.08. The van der Waals surface area contributed by atoms with E-state index in [-0.39, 0.29) is 0 Å². The van der Waals surface area contributed by atoms with Crippen LogP contribution in [0.1, 0.15) is 26.7 Å². The summed E-state index contributed by atoms with van der Waals surface area (Å²) in [6, 6.07) is 0. The fourth-order valence-corrected chi connectivity index (χ4v) is 1.09. The highest BCUT2D eigenvalue weighted by Crippen LogP contribution is 2.11. The normalized spacial score (nSPS) is 12.8. The van der Waals surface area contributed by atoms with E-state index < -0.39 is 0 Å². The SMILES string of the molecule is C=C/C=C(\C=C)C/C(C)=C/CC. The number of allylic oxidation sites excluding steroid dienone is 6. The smallest absolute Gasteiger partial charge is 0.00701 e. The van der Waals surface area contributed by atoms with Crippen LogP contribution in [0.4, 0.5) is 0 Å². The quantitative estimate of drug-likeness (QED) is 0.423. The van der Waals surface area contributed by atoms with Gasteiger partial charge in [-0.05, 0) is 25.3 Å². The van der Waals surface area contributed by atoms with Crippen molar-refractivity contribution < 1.29 is 0 Å². The fraction of sp³-hybridized carbons (Fsp3) is 0.333. The minimum Gasteiger partial charge on any atom is -0.0991 e. The lowest BCUT2D eigenvalue weighted by atomic mass is 10.1. The van der Waals surface area contributed by atoms with E-state index in [1.807, 2.05) is 12.2 Å². The molecule has 0 aliphatic rings. The molecular formula is C12H18. The third-order valence-corrected chi connectivity index (χ3v) is 1.63. The molecule has 0 fully saturated rings. The summed E-state index contributed by atoms with van der Waals surface area (Å²) in [4.78, 5) is 0. The molecule has 0 aromatic rings. The van der Waals surface area contributed by atoms with Crippen molar-refractivity contribution in [2.45, 2.75) is 26.7 Å². The van der Waals surface area contributed by atoms with E-state index in [4.69, 9.17) is 0 Å². The van der Waals surface area contributed by atoms with Crippen LogP contribution in [0.3, 0.4) is 0 Å². The van der Waals surface area contributed by atoms with Gasteiger partial charge < -0.3 is 0 Å². The van der Waals surface area contributed by atoms with Crippen LogP contribution in [0.5, 0.6) is 0 Å². The van der Waals surface area contributed by atoms with Crippen molar-refractivity contribution in [3.8, 4) is 0 Å². The lowest BCUT2D eigenvalue weighted by molar-refractivity contribution is 1.09. The van der Waals surface area contributed by atoms with E-state index in [2.05, 4.69) is 33.1 Å². The summed E-state index contributed by atoms with van der Waals surface area (Å²) in [5.41, 5.74) is 2.62. The van der Waals surface area contributed by atoms with Gasteiger partial charge in [0.2, 0.25) is 0 Å². The van der Waals surface area contributed by atoms with Crippen LogP contribution >= 0.6 is 0 Å². The van der Waals surface area contributed by atoms with Crippen molar-refractivity contribution in [1.29, 1.82) is 0 Å². The lowest BCUT2D eigenvalue weighted by Crippen LogP contribution is -1.80. The van der Waals surface area contributed by atoms with Crippen LogP contribution in [0, 0.1) is 0 Å². The van der Waals surface area contributed by atoms with Gasteiger partial charge in [0.1, 0.15) is 0 Å². The van der Waals surface area contributed by atoms with Crippen LogP contribution in [0.15, 0.2) is 48.6 Å². The molecule has 12 heavy (non-hydrogen) atoms. The van der Waals surface area contributed by atoms with Gasteiger partial charge in [0, 0.05) is 0 Å². The Labute approximate surface area is 76.0 Å². The molecule has 0 heteroatoms. The van der Waals surface area contributed by atoms with Crippen LogP contribution in [-0.4, -0.2) is 0 Å². The Bertz CT molecular complexity index is 204. The summed E-state index contributed by atoms with van der Waals surface area (Å²) in [5.74, 6) is 0. The van der Waals surface area contributed by atoms with Gasteiger partial charge in [-0.25, -0.2) is 0 Å². The zero-order chi connectivity index (χ0) is 9.40. The Hall–Kier alpha value is -1.04. The van der Waals surface area contributed by atoms with Gasteiger partial charge in [-0.15, -0.1) is 0 Å². The minimum atomic E-state index is 0.989. The van der Waals surface area contributed by atoms with E-state index in [0.717, 1.165) is 12.8 Å². The van der Waals surface area contributed by atoms with Crippen LogP contribution in [0.25, 0.3) is 0 Å². The van der Waals surface area contributed by atoms with Crippen LogP contribution in [0.2, 0.25) is 0 Å². The molecule has 0 rings (SSSR count). The Morgan fingerprint density at radius 2 is 2.00 bits per heavy atom. The molecule has 0 saturated carbocycles. The van der Waals surface area contributed by atoms with E-state index in [9.17, 15) is 0 Å². The molecule has 0 amide bonds. The third kappa shape index (κ3) is 4.73. The van der Waals surface area contributed by atoms with Crippen molar-refractivity contribution >= 4 is 0 Å². The zero-order valence-electron chi connectivity index (χ0n) is 8.14. The highest BCUT2D eigenvalue weighted by molar-refractivity contribution is 5.26. The number of rotatable bonds is 5. The monoisotopic (exact) mass is 162 g/mol. The maximum absolute atomic E-state index is 3.75.